The maximum Gasteiger partial charge on any atom is 0.255 e. The van der Waals surface area contributed by atoms with Crippen LogP contribution >= 0.6 is 0 Å². The van der Waals surface area contributed by atoms with Crippen molar-refractivity contribution in [1.29, 1.82) is 0 Å². The maximum absolute atomic E-state index is 12.4. The molecule has 146 valence electrons. The Balaban J connectivity index is 1.34. The molecule has 0 unspecified atom stereocenters. The number of hydrogen-bond acceptors (Lipinski definition) is 3. The quantitative estimate of drug-likeness (QED) is 0.652. The minimum absolute atomic E-state index is 0.0434. The van der Waals surface area contributed by atoms with E-state index in [1.165, 1.54) is 25.7 Å². The molecule has 0 spiro atoms. The summed E-state index contributed by atoms with van der Waals surface area (Å²) < 4.78 is 0. The fourth-order valence-electron chi connectivity index (χ4n) is 3.63. The Morgan fingerprint density at radius 2 is 1.68 bits per heavy atom. The number of carbonyl (C=O) groups excluding carboxylic acids is 2. The molecule has 0 bridgehead atoms. The molecule has 28 heavy (non-hydrogen) atoms. The van der Waals surface area contributed by atoms with Crippen LogP contribution in [0.4, 0.5) is 11.4 Å². The van der Waals surface area contributed by atoms with Crippen molar-refractivity contribution in [2.24, 2.45) is 11.8 Å². The molecule has 3 N–H and O–H groups in total. The molecule has 5 nitrogen and oxygen atoms in total. The highest BCUT2D eigenvalue weighted by Gasteiger charge is 2.42. The average Bonchev–Trinajstić information content (AvgIpc) is 3.61. The van der Waals surface area contributed by atoms with Crippen molar-refractivity contribution >= 4 is 23.2 Å². The van der Waals surface area contributed by atoms with E-state index < -0.39 is 0 Å². The SMILES string of the molecule is Cc1ccc(NC(=O)c2ccccc2)cc1NCC(=O)NC(C1CC1)C1CC1. The Morgan fingerprint density at radius 1 is 1.00 bits per heavy atom. The molecule has 0 radical (unpaired) electrons. The van der Waals surface area contributed by atoms with Gasteiger partial charge in [0.2, 0.25) is 5.91 Å². The van der Waals surface area contributed by atoms with Crippen molar-refractivity contribution in [3.05, 3.63) is 59.7 Å². The van der Waals surface area contributed by atoms with Crippen LogP contribution in [-0.2, 0) is 4.79 Å². The summed E-state index contributed by atoms with van der Waals surface area (Å²) in [7, 11) is 0. The van der Waals surface area contributed by atoms with Crippen LogP contribution in [0.25, 0.3) is 0 Å². The number of anilines is 2. The van der Waals surface area contributed by atoms with E-state index >= 15 is 0 Å². The smallest absolute Gasteiger partial charge is 0.255 e. The Hall–Kier alpha value is -2.82. The van der Waals surface area contributed by atoms with Crippen molar-refractivity contribution in [3.63, 3.8) is 0 Å². The molecule has 2 saturated carbocycles. The van der Waals surface area contributed by atoms with Crippen molar-refractivity contribution in [1.82, 2.24) is 5.32 Å². The van der Waals surface area contributed by atoms with Gasteiger partial charge in [-0.1, -0.05) is 24.3 Å². The largest absolute Gasteiger partial charge is 0.376 e. The van der Waals surface area contributed by atoms with Crippen molar-refractivity contribution in [3.8, 4) is 0 Å². The first-order chi connectivity index (χ1) is 13.6. The van der Waals surface area contributed by atoms with Crippen LogP contribution in [0.5, 0.6) is 0 Å². The first-order valence-electron chi connectivity index (χ1n) is 10.1. The average molecular weight is 377 g/mol. The van der Waals surface area contributed by atoms with E-state index in [-0.39, 0.29) is 18.4 Å². The van der Waals surface area contributed by atoms with E-state index in [1.807, 2.05) is 43.3 Å². The summed E-state index contributed by atoms with van der Waals surface area (Å²) in [5.41, 5.74) is 3.21. The van der Waals surface area contributed by atoms with E-state index in [1.54, 1.807) is 12.1 Å². The second kappa shape index (κ2) is 8.05. The number of nitrogens with one attached hydrogen (secondary N) is 3. The van der Waals surface area contributed by atoms with Gasteiger partial charge in [-0.15, -0.1) is 0 Å². The van der Waals surface area contributed by atoms with Crippen LogP contribution in [0.1, 0.15) is 41.6 Å². The summed E-state index contributed by atoms with van der Waals surface area (Å²) in [5.74, 6) is 1.27. The molecular weight excluding hydrogens is 350 g/mol. The fourth-order valence-corrected chi connectivity index (χ4v) is 3.63. The Morgan fingerprint density at radius 3 is 2.32 bits per heavy atom. The summed E-state index contributed by atoms with van der Waals surface area (Å²) in [6.07, 6.45) is 4.99. The molecule has 2 amide bonds. The minimum Gasteiger partial charge on any atom is -0.376 e. The van der Waals surface area contributed by atoms with Crippen molar-refractivity contribution < 1.29 is 9.59 Å². The lowest BCUT2D eigenvalue weighted by Crippen LogP contribution is -2.41. The highest BCUT2D eigenvalue weighted by Crippen LogP contribution is 2.44. The molecule has 2 aliphatic carbocycles. The second-order valence-corrected chi connectivity index (χ2v) is 7.97. The summed E-state index contributed by atoms with van der Waals surface area (Å²) in [6.45, 7) is 2.23. The number of carbonyl (C=O) groups is 2. The van der Waals surface area contributed by atoms with Gasteiger partial charge in [0.25, 0.3) is 5.91 Å². The molecule has 0 saturated heterocycles. The Kier molecular flexibility index (Phi) is 5.33. The molecule has 5 heteroatoms. The maximum atomic E-state index is 12.4. The van der Waals surface area contributed by atoms with Crippen LogP contribution < -0.4 is 16.0 Å². The molecular formula is C23H27N3O2. The topological polar surface area (TPSA) is 70.2 Å². The van der Waals surface area contributed by atoms with E-state index in [2.05, 4.69) is 16.0 Å². The number of aryl methyl sites for hydroxylation is 1. The highest BCUT2D eigenvalue weighted by molar-refractivity contribution is 6.04. The van der Waals surface area contributed by atoms with Crippen molar-refractivity contribution in [2.45, 2.75) is 38.6 Å². The van der Waals surface area contributed by atoms with Gasteiger partial charge in [0.05, 0.1) is 6.54 Å². The molecule has 2 aromatic carbocycles. The zero-order valence-electron chi connectivity index (χ0n) is 16.2. The van der Waals surface area contributed by atoms with Gasteiger partial charge < -0.3 is 16.0 Å². The van der Waals surface area contributed by atoms with Gasteiger partial charge in [0.1, 0.15) is 0 Å². The Labute approximate surface area is 165 Å². The van der Waals surface area contributed by atoms with E-state index in [0.29, 0.717) is 29.1 Å². The summed E-state index contributed by atoms with van der Waals surface area (Å²) >= 11 is 0. The van der Waals surface area contributed by atoms with E-state index in [9.17, 15) is 9.59 Å². The zero-order chi connectivity index (χ0) is 19.5. The van der Waals surface area contributed by atoms with Gasteiger partial charge in [-0.05, 0) is 74.3 Å². The van der Waals surface area contributed by atoms with Gasteiger partial charge in [0.15, 0.2) is 0 Å². The van der Waals surface area contributed by atoms with Crippen LogP contribution in [-0.4, -0.2) is 24.4 Å². The lowest BCUT2D eigenvalue weighted by molar-refractivity contribution is -0.120. The van der Waals surface area contributed by atoms with Crippen LogP contribution in [0.15, 0.2) is 48.5 Å². The lowest BCUT2D eigenvalue weighted by Gasteiger charge is -2.18. The molecule has 4 rings (SSSR count). The summed E-state index contributed by atoms with van der Waals surface area (Å²) in [4.78, 5) is 24.7. The van der Waals surface area contributed by atoms with E-state index in [4.69, 9.17) is 0 Å². The predicted molar refractivity (Wildman–Crippen MR) is 111 cm³/mol. The van der Waals surface area contributed by atoms with E-state index in [0.717, 1.165) is 11.3 Å². The third-order valence-electron chi connectivity index (χ3n) is 5.56. The zero-order valence-corrected chi connectivity index (χ0v) is 16.2. The number of hydrogen-bond donors (Lipinski definition) is 3. The molecule has 0 aliphatic heterocycles. The first kappa shape index (κ1) is 18.5. The fraction of sp³-hybridized carbons (Fsp3) is 0.391. The monoisotopic (exact) mass is 377 g/mol. The molecule has 2 aliphatic rings. The van der Waals surface area contributed by atoms with Crippen LogP contribution in [0.3, 0.4) is 0 Å². The van der Waals surface area contributed by atoms with Crippen LogP contribution in [0.2, 0.25) is 0 Å². The van der Waals surface area contributed by atoms with Gasteiger partial charge in [-0.3, -0.25) is 9.59 Å². The lowest BCUT2D eigenvalue weighted by atomic mass is 10.1. The summed E-state index contributed by atoms with van der Waals surface area (Å²) in [6, 6.07) is 15.2. The minimum atomic E-state index is -0.148. The predicted octanol–water partition coefficient (Wildman–Crippen LogP) is 3.96. The van der Waals surface area contributed by atoms with Crippen LogP contribution in [0, 0.1) is 18.8 Å². The molecule has 0 aromatic heterocycles. The number of benzene rings is 2. The third kappa shape index (κ3) is 4.71. The second-order valence-electron chi connectivity index (χ2n) is 7.97. The van der Waals surface area contributed by atoms with Gasteiger partial charge in [-0.25, -0.2) is 0 Å². The third-order valence-corrected chi connectivity index (χ3v) is 5.56. The molecule has 0 atom stereocenters. The molecule has 2 fully saturated rings. The standard InChI is InChI=1S/C23H27N3O2/c1-15-7-12-19(25-23(28)18-5-3-2-4-6-18)13-20(15)24-14-21(27)26-22(16-8-9-16)17-10-11-17/h2-7,12-13,16-17,22,24H,8-11,14H2,1H3,(H,25,28)(H,26,27). The normalized spacial score (nSPS) is 15.9. The summed E-state index contributed by atoms with van der Waals surface area (Å²) in [5, 5.41) is 9.37. The van der Waals surface area contributed by atoms with Gasteiger partial charge in [0, 0.05) is 23.0 Å². The molecule has 2 aromatic rings. The number of amides is 2. The first-order valence-corrected chi connectivity index (χ1v) is 10.1. The highest BCUT2D eigenvalue weighted by atomic mass is 16.2. The van der Waals surface area contributed by atoms with Crippen molar-refractivity contribution in [2.75, 3.05) is 17.2 Å². The number of rotatable bonds is 8. The molecule has 0 heterocycles. The van der Waals surface area contributed by atoms with Gasteiger partial charge in [-0.2, -0.15) is 0 Å². The Bertz CT molecular complexity index is 845. The van der Waals surface area contributed by atoms with Gasteiger partial charge >= 0.3 is 0 Å².